The fourth-order valence-corrected chi connectivity index (χ4v) is 3.99. The SMILES string of the molecule is CCc1ccnc(Nc2nc(Nc3ccn4ccnc4c3)cc(N3CCN(C)[C@H](C)C3)n2)c1. The molecule has 4 aromatic heterocycles. The maximum atomic E-state index is 4.84. The van der Waals surface area contributed by atoms with Crippen molar-refractivity contribution in [3.05, 3.63) is 60.7 Å². The molecule has 170 valence electrons. The molecule has 0 aliphatic carbocycles. The van der Waals surface area contributed by atoms with Gasteiger partial charge in [0.15, 0.2) is 0 Å². The largest absolute Gasteiger partial charge is 0.354 e. The Hall–Kier alpha value is -3.72. The summed E-state index contributed by atoms with van der Waals surface area (Å²) in [5.41, 5.74) is 3.01. The maximum absolute atomic E-state index is 4.84. The van der Waals surface area contributed by atoms with Crippen LogP contribution in [0.1, 0.15) is 19.4 Å². The van der Waals surface area contributed by atoms with Gasteiger partial charge >= 0.3 is 0 Å². The zero-order valence-electron chi connectivity index (χ0n) is 19.2. The lowest BCUT2D eigenvalue weighted by Gasteiger charge is -2.38. The highest BCUT2D eigenvalue weighted by atomic mass is 15.3. The van der Waals surface area contributed by atoms with Gasteiger partial charge < -0.3 is 24.8 Å². The van der Waals surface area contributed by atoms with Crippen LogP contribution in [0, 0.1) is 0 Å². The Morgan fingerprint density at radius 3 is 2.73 bits per heavy atom. The molecule has 33 heavy (non-hydrogen) atoms. The number of anilines is 5. The lowest BCUT2D eigenvalue weighted by atomic mass is 10.2. The lowest BCUT2D eigenvalue weighted by molar-refractivity contribution is 0.233. The Morgan fingerprint density at radius 1 is 0.970 bits per heavy atom. The molecule has 0 unspecified atom stereocenters. The van der Waals surface area contributed by atoms with Crippen LogP contribution in [0.5, 0.6) is 0 Å². The van der Waals surface area contributed by atoms with E-state index in [9.17, 15) is 0 Å². The molecule has 4 aromatic rings. The molecule has 0 aromatic carbocycles. The van der Waals surface area contributed by atoms with E-state index in [4.69, 9.17) is 9.97 Å². The lowest BCUT2D eigenvalue weighted by Crippen LogP contribution is -2.50. The summed E-state index contributed by atoms with van der Waals surface area (Å²) in [7, 11) is 2.17. The van der Waals surface area contributed by atoms with Crippen LogP contribution in [-0.2, 0) is 6.42 Å². The zero-order chi connectivity index (χ0) is 22.8. The second kappa shape index (κ2) is 9.03. The van der Waals surface area contributed by atoms with Gasteiger partial charge in [0, 0.05) is 68.3 Å². The first-order chi connectivity index (χ1) is 16.1. The summed E-state index contributed by atoms with van der Waals surface area (Å²) in [6.45, 7) is 7.19. The predicted octanol–water partition coefficient (Wildman–Crippen LogP) is 3.71. The van der Waals surface area contributed by atoms with Crippen molar-refractivity contribution in [2.24, 2.45) is 0 Å². The fraction of sp³-hybridized carbons (Fsp3) is 0.333. The smallest absolute Gasteiger partial charge is 0.232 e. The number of likely N-dealkylation sites (N-methyl/N-ethyl adjacent to an activating group) is 1. The summed E-state index contributed by atoms with van der Waals surface area (Å²) in [5.74, 6) is 2.87. The molecule has 5 heterocycles. The molecular formula is C24H29N9. The minimum absolute atomic E-state index is 0.451. The van der Waals surface area contributed by atoms with Crippen LogP contribution < -0.4 is 15.5 Å². The van der Waals surface area contributed by atoms with Gasteiger partial charge in [-0.15, -0.1) is 0 Å². The van der Waals surface area contributed by atoms with E-state index in [1.54, 1.807) is 6.20 Å². The number of nitrogens with one attached hydrogen (secondary N) is 2. The first-order valence-corrected chi connectivity index (χ1v) is 11.3. The van der Waals surface area contributed by atoms with Crippen LogP contribution in [-0.4, -0.2) is 62.0 Å². The Bertz CT molecular complexity index is 1250. The van der Waals surface area contributed by atoms with Gasteiger partial charge in [-0.2, -0.15) is 9.97 Å². The fourth-order valence-electron chi connectivity index (χ4n) is 3.99. The number of pyridine rings is 2. The first kappa shape index (κ1) is 21.1. The number of imidazole rings is 1. The molecule has 9 nitrogen and oxygen atoms in total. The number of piperazine rings is 1. The number of nitrogens with zero attached hydrogens (tertiary/aromatic N) is 7. The normalized spacial score (nSPS) is 16.8. The van der Waals surface area contributed by atoms with Gasteiger partial charge in [-0.1, -0.05) is 6.92 Å². The van der Waals surface area contributed by atoms with E-state index in [2.05, 4.69) is 51.3 Å². The Balaban J connectivity index is 1.47. The molecule has 0 radical (unpaired) electrons. The third-order valence-corrected chi connectivity index (χ3v) is 6.14. The molecule has 0 amide bonds. The molecule has 9 heteroatoms. The number of hydrogen-bond donors (Lipinski definition) is 2. The van der Waals surface area contributed by atoms with E-state index in [-0.39, 0.29) is 0 Å². The van der Waals surface area contributed by atoms with E-state index in [0.717, 1.165) is 54.8 Å². The second-order valence-electron chi connectivity index (χ2n) is 8.47. The first-order valence-electron chi connectivity index (χ1n) is 11.3. The third-order valence-electron chi connectivity index (χ3n) is 6.14. The number of rotatable bonds is 6. The summed E-state index contributed by atoms with van der Waals surface area (Å²) >= 11 is 0. The van der Waals surface area contributed by atoms with Crippen molar-refractivity contribution in [3.8, 4) is 0 Å². The zero-order valence-corrected chi connectivity index (χ0v) is 19.2. The van der Waals surface area contributed by atoms with E-state index in [1.165, 1.54) is 5.56 Å². The van der Waals surface area contributed by atoms with Crippen LogP contribution in [0.2, 0.25) is 0 Å². The number of fused-ring (bicyclic) bond motifs is 1. The third kappa shape index (κ3) is 4.73. The molecule has 0 spiro atoms. The van der Waals surface area contributed by atoms with E-state index in [1.807, 2.05) is 53.3 Å². The molecule has 1 saturated heterocycles. The van der Waals surface area contributed by atoms with Gasteiger partial charge in [-0.3, -0.25) is 0 Å². The van der Waals surface area contributed by atoms with Crippen molar-refractivity contribution in [2.45, 2.75) is 26.3 Å². The average molecular weight is 444 g/mol. The summed E-state index contributed by atoms with van der Waals surface area (Å²) in [4.78, 5) is 23.1. The van der Waals surface area contributed by atoms with Crippen LogP contribution in [0.15, 0.2) is 55.1 Å². The van der Waals surface area contributed by atoms with E-state index in [0.29, 0.717) is 12.0 Å². The molecule has 0 saturated carbocycles. The summed E-state index contributed by atoms with van der Waals surface area (Å²) in [6.07, 6.45) is 8.45. The number of hydrogen-bond acceptors (Lipinski definition) is 8. The highest BCUT2D eigenvalue weighted by Crippen LogP contribution is 2.25. The maximum Gasteiger partial charge on any atom is 0.232 e. The monoisotopic (exact) mass is 443 g/mol. The summed E-state index contributed by atoms with van der Waals surface area (Å²) in [5, 5.41) is 6.74. The topological polar surface area (TPSA) is 86.5 Å². The standard InChI is InChI=1S/C24H29N9/c1-4-18-5-7-25-20(13-18)28-24-29-21(27-19-6-9-32-10-8-26-22(32)14-19)15-23(30-24)33-12-11-31(3)17(2)16-33/h5-10,13-15,17H,4,11-12,16H2,1-3H3,(H2,25,27,28,29,30)/t17-/m1/s1. The molecule has 1 aliphatic rings. The van der Waals surface area contributed by atoms with Gasteiger partial charge in [0.2, 0.25) is 5.95 Å². The van der Waals surface area contributed by atoms with Gasteiger partial charge in [0.1, 0.15) is 23.1 Å². The highest BCUT2D eigenvalue weighted by Gasteiger charge is 2.22. The Kier molecular flexibility index (Phi) is 5.78. The van der Waals surface area contributed by atoms with Crippen molar-refractivity contribution in [1.82, 2.24) is 29.2 Å². The summed E-state index contributed by atoms with van der Waals surface area (Å²) in [6, 6.07) is 10.5. The van der Waals surface area contributed by atoms with Crippen molar-refractivity contribution in [2.75, 3.05) is 42.2 Å². The van der Waals surface area contributed by atoms with E-state index < -0.39 is 0 Å². The van der Waals surface area contributed by atoms with Crippen molar-refractivity contribution in [3.63, 3.8) is 0 Å². The number of aryl methyl sites for hydroxylation is 1. The molecular weight excluding hydrogens is 414 g/mol. The van der Waals surface area contributed by atoms with Crippen molar-refractivity contribution < 1.29 is 0 Å². The van der Waals surface area contributed by atoms with Crippen LogP contribution in [0.3, 0.4) is 0 Å². The van der Waals surface area contributed by atoms with Crippen LogP contribution >= 0.6 is 0 Å². The molecule has 5 rings (SSSR count). The Morgan fingerprint density at radius 2 is 1.88 bits per heavy atom. The predicted molar refractivity (Wildman–Crippen MR) is 132 cm³/mol. The molecule has 1 fully saturated rings. The van der Waals surface area contributed by atoms with Gasteiger partial charge in [0.05, 0.1) is 0 Å². The van der Waals surface area contributed by atoms with Crippen LogP contribution in [0.25, 0.3) is 5.65 Å². The minimum Gasteiger partial charge on any atom is -0.354 e. The van der Waals surface area contributed by atoms with E-state index >= 15 is 0 Å². The quantitative estimate of drug-likeness (QED) is 0.466. The van der Waals surface area contributed by atoms with Crippen molar-refractivity contribution >= 4 is 34.7 Å². The molecule has 0 bridgehead atoms. The van der Waals surface area contributed by atoms with Crippen molar-refractivity contribution in [1.29, 1.82) is 0 Å². The minimum atomic E-state index is 0.451. The average Bonchev–Trinajstić information content (AvgIpc) is 3.29. The van der Waals surface area contributed by atoms with Gasteiger partial charge in [-0.05, 0) is 44.2 Å². The summed E-state index contributed by atoms with van der Waals surface area (Å²) < 4.78 is 1.97. The highest BCUT2D eigenvalue weighted by molar-refractivity contribution is 5.65. The molecule has 1 aliphatic heterocycles. The number of aromatic nitrogens is 5. The molecule has 2 N–H and O–H groups in total. The molecule has 1 atom stereocenters. The van der Waals surface area contributed by atoms with Gasteiger partial charge in [0.25, 0.3) is 0 Å². The Labute approximate surface area is 193 Å². The second-order valence-corrected chi connectivity index (χ2v) is 8.47. The van der Waals surface area contributed by atoms with Crippen LogP contribution in [0.4, 0.5) is 29.1 Å². The van der Waals surface area contributed by atoms with Gasteiger partial charge in [-0.25, -0.2) is 9.97 Å².